The number of rotatable bonds is 7. The van der Waals surface area contributed by atoms with E-state index >= 15 is 0 Å². The normalized spacial score (nSPS) is 23.7. The molecule has 0 radical (unpaired) electrons. The molecule has 0 bridgehead atoms. The molecule has 0 aromatic heterocycles. The smallest absolute Gasteiger partial charge is 0.421 e. The summed E-state index contributed by atoms with van der Waals surface area (Å²) in [6.07, 6.45) is -2.19. The van der Waals surface area contributed by atoms with Gasteiger partial charge in [0.05, 0.1) is 0 Å². The Morgan fingerprint density at radius 1 is 1.03 bits per heavy atom. The zero-order valence-electron chi connectivity index (χ0n) is 20.4. The fourth-order valence-electron chi connectivity index (χ4n) is 5.26. The number of carbonyl (C=O) groups excluding carboxylic acids is 2. The molecule has 2 aromatic rings. The van der Waals surface area contributed by atoms with Gasteiger partial charge in [-0.1, -0.05) is 30.3 Å². The molecule has 10 heteroatoms. The number of aliphatic hydroxyl groups is 1. The molecule has 200 valence electrons. The highest BCUT2D eigenvalue weighted by atomic mass is 19.4. The number of carbonyl (C=O) groups is 2. The lowest BCUT2D eigenvalue weighted by atomic mass is 9.68. The molecule has 0 saturated heterocycles. The average Bonchev–Trinajstić information content (AvgIpc) is 3.68. The van der Waals surface area contributed by atoms with Gasteiger partial charge in [-0.2, -0.15) is 13.2 Å². The molecule has 2 aliphatic carbocycles. The number of halogens is 4. The van der Waals surface area contributed by atoms with E-state index in [4.69, 9.17) is 10.5 Å². The summed E-state index contributed by atoms with van der Waals surface area (Å²) in [5, 5.41) is 9.92. The van der Waals surface area contributed by atoms with Gasteiger partial charge in [-0.05, 0) is 74.8 Å². The maximum Gasteiger partial charge on any atom is 0.421 e. The van der Waals surface area contributed by atoms with Crippen molar-refractivity contribution in [3.05, 3.63) is 71.0 Å². The monoisotopic (exact) mass is 522 g/mol. The second-order valence-electron chi connectivity index (χ2n) is 10.2. The molecule has 1 unspecified atom stereocenters. The third-order valence-electron chi connectivity index (χ3n) is 7.66. The van der Waals surface area contributed by atoms with Crippen LogP contribution in [0.1, 0.15) is 66.9 Å². The van der Waals surface area contributed by atoms with Crippen LogP contribution in [0.3, 0.4) is 0 Å². The van der Waals surface area contributed by atoms with Crippen molar-refractivity contribution in [2.45, 2.75) is 74.7 Å². The van der Waals surface area contributed by atoms with Crippen LogP contribution in [0.25, 0.3) is 0 Å². The molecular weight excluding hydrogens is 492 g/mol. The first kappa shape index (κ1) is 26.9. The standard InChI is InChI=1S/C27H30F4N2O4/c1-25(36,27(29,30)31)18-8-6-17(7-9-18)23(34)33(19-10-11-19)20-12-14-26(15-13-20,16-37-24(32)35)21-4-2-3-5-22(21)28/h2-9,19-20,36H,10-16H2,1H3,(H2,32,35). The summed E-state index contributed by atoms with van der Waals surface area (Å²) in [5.74, 6) is -0.698. The van der Waals surface area contributed by atoms with Crippen molar-refractivity contribution in [1.29, 1.82) is 0 Å². The molecule has 2 aliphatic rings. The predicted octanol–water partition coefficient (Wildman–Crippen LogP) is 5.18. The zero-order valence-corrected chi connectivity index (χ0v) is 20.4. The third kappa shape index (κ3) is 5.44. The van der Waals surface area contributed by atoms with E-state index in [-0.39, 0.29) is 35.7 Å². The summed E-state index contributed by atoms with van der Waals surface area (Å²) >= 11 is 0. The predicted molar refractivity (Wildman–Crippen MR) is 127 cm³/mol. The lowest BCUT2D eigenvalue weighted by Crippen LogP contribution is -2.48. The van der Waals surface area contributed by atoms with Crippen molar-refractivity contribution in [3.8, 4) is 0 Å². The van der Waals surface area contributed by atoms with Crippen molar-refractivity contribution in [1.82, 2.24) is 4.90 Å². The van der Waals surface area contributed by atoms with Gasteiger partial charge in [-0.15, -0.1) is 0 Å². The van der Waals surface area contributed by atoms with E-state index in [1.165, 1.54) is 18.2 Å². The first-order valence-electron chi connectivity index (χ1n) is 12.3. The number of primary amides is 1. The van der Waals surface area contributed by atoms with E-state index < -0.39 is 29.1 Å². The number of nitrogens with two attached hydrogens (primary N) is 1. The van der Waals surface area contributed by atoms with Gasteiger partial charge in [0, 0.05) is 23.1 Å². The van der Waals surface area contributed by atoms with Crippen LogP contribution in [0.5, 0.6) is 0 Å². The lowest BCUT2D eigenvalue weighted by molar-refractivity contribution is -0.258. The molecule has 2 saturated carbocycles. The SMILES string of the molecule is CC(O)(c1ccc(C(=O)N(C2CC2)C2CCC(COC(N)=O)(c3ccccc3F)CC2)cc1)C(F)(F)F. The molecule has 0 spiro atoms. The van der Waals surface area contributed by atoms with Gasteiger partial charge in [-0.3, -0.25) is 4.79 Å². The molecular formula is C27H30F4N2O4. The molecule has 1 atom stereocenters. The molecule has 3 N–H and O–H groups in total. The van der Waals surface area contributed by atoms with Crippen molar-refractivity contribution in [2.75, 3.05) is 6.61 Å². The highest BCUT2D eigenvalue weighted by molar-refractivity contribution is 5.95. The van der Waals surface area contributed by atoms with Gasteiger partial charge < -0.3 is 20.5 Å². The van der Waals surface area contributed by atoms with Crippen LogP contribution in [0.4, 0.5) is 22.4 Å². The molecule has 37 heavy (non-hydrogen) atoms. The van der Waals surface area contributed by atoms with Crippen molar-refractivity contribution >= 4 is 12.0 Å². The fraction of sp³-hybridized carbons (Fsp3) is 0.481. The summed E-state index contributed by atoms with van der Waals surface area (Å²) in [6, 6.07) is 11.0. The number of nitrogens with zero attached hydrogens (tertiary/aromatic N) is 1. The van der Waals surface area contributed by atoms with Crippen LogP contribution in [-0.4, -0.2) is 46.9 Å². The Balaban J connectivity index is 1.53. The molecule has 4 rings (SSSR count). The third-order valence-corrected chi connectivity index (χ3v) is 7.66. The van der Waals surface area contributed by atoms with Crippen molar-refractivity contribution < 1.29 is 37.0 Å². The highest BCUT2D eigenvalue weighted by Gasteiger charge is 2.51. The second-order valence-corrected chi connectivity index (χ2v) is 10.2. The quantitative estimate of drug-likeness (QED) is 0.491. The summed E-state index contributed by atoms with van der Waals surface area (Å²) in [6.45, 7) is 0.597. The van der Waals surface area contributed by atoms with Crippen LogP contribution in [0.15, 0.2) is 48.5 Å². The summed E-state index contributed by atoms with van der Waals surface area (Å²) < 4.78 is 59.4. The fourth-order valence-corrected chi connectivity index (χ4v) is 5.26. The topological polar surface area (TPSA) is 92.9 Å². The first-order valence-corrected chi connectivity index (χ1v) is 12.3. The largest absolute Gasteiger partial charge is 0.449 e. The maximum absolute atomic E-state index is 14.8. The Morgan fingerprint density at radius 2 is 1.59 bits per heavy atom. The zero-order chi connectivity index (χ0) is 27.0. The van der Waals surface area contributed by atoms with E-state index in [1.54, 1.807) is 23.1 Å². The maximum atomic E-state index is 14.8. The Labute approximate surface area is 212 Å². The molecule has 2 fully saturated rings. The number of hydrogen-bond donors (Lipinski definition) is 2. The van der Waals surface area contributed by atoms with E-state index in [2.05, 4.69) is 0 Å². The summed E-state index contributed by atoms with van der Waals surface area (Å²) in [7, 11) is 0. The van der Waals surface area contributed by atoms with Crippen LogP contribution < -0.4 is 5.73 Å². The van der Waals surface area contributed by atoms with E-state index in [1.807, 2.05) is 0 Å². The summed E-state index contributed by atoms with van der Waals surface area (Å²) in [4.78, 5) is 26.6. The number of amides is 2. The van der Waals surface area contributed by atoms with Crippen molar-refractivity contribution in [2.24, 2.45) is 5.73 Å². The number of ether oxygens (including phenoxy) is 1. The molecule has 0 heterocycles. The van der Waals surface area contributed by atoms with Gasteiger partial charge in [0.1, 0.15) is 12.4 Å². The van der Waals surface area contributed by atoms with E-state index in [0.717, 1.165) is 25.0 Å². The average molecular weight is 523 g/mol. The second kappa shape index (κ2) is 9.96. The highest BCUT2D eigenvalue weighted by Crippen LogP contribution is 2.45. The minimum atomic E-state index is -4.86. The van der Waals surface area contributed by atoms with Gasteiger partial charge in [0.2, 0.25) is 0 Å². The minimum absolute atomic E-state index is 0.0262. The molecule has 2 aromatic carbocycles. The Morgan fingerprint density at radius 3 is 2.11 bits per heavy atom. The van der Waals surface area contributed by atoms with Gasteiger partial charge in [0.25, 0.3) is 5.91 Å². The van der Waals surface area contributed by atoms with Gasteiger partial charge >= 0.3 is 12.3 Å². The number of alkyl halides is 3. The van der Waals surface area contributed by atoms with Crippen LogP contribution >= 0.6 is 0 Å². The first-order chi connectivity index (χ1) is 17.4. The van der Waals surface area contributed by atoms with Crippen LogP contribution in [0.2, 0.25) is 0 Å². The van der Waals surface area contributed by atoms with Crippen molar-refractivity contribution in [3.63, 3.8) is 0 Å². The summed E-state index contributed by atoms with van der Waals surface area (Å²) in [5.41, 5.74) is 1.70. The van der Waals surface area contributed by atoms with E-state index in [0.29, 0.717) is 38.2 Å². The van der Waals surface area contributed by atoms with Crippen LogP contribution in [0, 0.1) is 5.82 Å². The van der Waals surface area contributed by atoms with E-state index in [9.17, 15) is 32.3 Å². The Bertz CT molecular complexity index is 1140. The Hall–Kier alpha value is -3.14. The molecule has 2 amide bonds. The Kier molecular flexibility index (Phi) is 7.25. The van der Waals surface area contributed by atoms with Gasteiger partial charge in [-0.25, -0.2) is 9.18 Å². The molecule has 6 nitrogen and oxygen atoms in total. The number of benzene rings is 2. The number of hydrogen-bond acceptors (Lipinski definition) is 4. The molecule has 0 aliphatic heterocycles. The lowest BCUT2D eigenvalue weighted by Gasteiger charge is -2.43. The van der Waals surface area contributed by atoms with Crippen LogP contribution in [-0.2, 0) is 15.8 Å². The van der Waals surface area contributed by atoms with Gasteiger partial charge in [0.15, 0.2) is 5.60 Å². The minimum Gasteiger partial charge on any atom is -0.449 e.